The molecule has 1 unspecified atom stereocenters. The number of piperidine rings is 1. The van der Waals surface area contributed by atoms with Crippen LogP contribution < -0.4 is 5.32 Å². The van der Waals surface area contributed by atoms with Crippen LogP contribution in [-0.2, 0) is 9.53 Å². The van der Waals surface area contributed by atoms with E-state index >= 15 is 0 Å². The lowest BCUT2D eigenvalue weighted by Crippen LogP contribution is -2.45. The summed E-state index contributed by atoms with van der Waals surface area (Å²) in [5, 5.41) is 2.95. The summed E-state index contributed by atoms with van der Waals surface area (Å²) in [7, 11) is 0. The largest absolute Gasteiger partial charge is 0.366 e. The molecule has 1 amide bonds. The number of rotatable bonds is 5. The average molecular weight is 256 g/mol. The SMILES string of the molecule is CC(CNC(=O)COC(C)(C)C)N1CCCCC1. The van der Waals surface area contributed by atoms with Crippen LogP contribution in [0.15, 0.2) is 0 Å². The molecule has 1 aliphatic rings. The maximum Gasteiger partial charge on any atom is 0.246 e. The van der Waals surface area contributed by atoms with Crippen molar-refractivity contribution in [2.45, 2.75) is 58.6 Å². The smallest absolute Gasteiger partial charge is 0.246 e. The molecule has 18 heavy (non-hydrogen) atoms. The van der Waals surface area contributed by atoms with Gasteiger partial charge in [0.15, 0.2) is 0 Å². The molecule has 1 fully saturated rings. The Kier molecular flexibility index (Phi) is 6.09. The number of ether oxygens (including phenoxy) is 1. The first-order chi connectivity index (χ1) is 8.38. The van der Waals surface area contributed by atoms with Crippen molar-refractivity contribution in [3.05, 3.63) is 0 Å². The Morgan fingerprint density at radius 1 is 1.28 bits per heavy atom. The normalized spacial score (nSPS) is 19.6. The number of likely N-dealkylation sites (tertiary alicyclic amines) is 1. The van der Waals surface area contributed by atoms with Crippen LogP contribution in [0.25, 0.3) is 0 Å². The molecule has 0 aromatic carbocycles. The molecule has 1 rings (SSSR count). The van der Waals surface area contributed by atoms with E-state index < -0.39 is 0 Å². The van der Waals surface area contributed by atoms with E-state index in [1.807, 2.05) is 20.8 Å². The van der Waals surface area contributed by atoms with Crippen molar-refractivity contribution in [2.24, 2.45) is 0 Å². The first-order valence-corrected chi connectivity index (χ1v) is 7.03. The third-order valence-corrected chi connectivity index (χ3v) is 3.24. The van der Waals surface area contributed by atoms with Crippen molar-refractivity contribution in [3.63, 3.8) is 0 Å². The lowest BCUT2D eigenvalue weighted by molar-refractivity contribution is -0.130. The number of hydrogen-bond donors (Lipinski definition) is 1. The summed E-state index contributed by atoms with van der Waals surface area (Å²) in [6.07, 6.45) is 3.91. The number of carbonyl (C=O) groups excluding carboxylic acids is 1. The third-order valence-electron chi connectivity index (χ3n) is 3.24. The molecule has 1 aliphatic heterocycles. The quantitative estimate of drug-likeness (QED) is 0.815. The third kappa shape index (κ3) is 6.36. The molecule has 4 heteroatoms. The van der Waals surface area contributed by atoms with Crippen molar-refractivity contribution in [1.29, 1.82) is 0 Å². The van der Waals surface area contributed by atoms with Crippen LogP contribution in [0.4, 0.5) is 0 Å². The van der Waals surface area contributed by atoms with Crippen molar-refractivity contribution in [2.75, 3.05) is 26.2 Å². The van der Waals surface area contributed by atoms with E-state index in [1.165, 1.54) is 19.3 Å². The van der Waals surface area contributed by atoms with Gasteiger partial charge in [-0.25, -0.2) is 0 Å². The minimum atomic E-state index is -0.254. The standard InChI is InChI=1S/C14H28N2O2/c1-12(16-8-6-5-7-9-16)10-15-13(17)11-18-14(2,3)4/h12H,5-11H2,1-4H3,(H,15,17). The van der Waals surface area contributed by atoms with E-state index in [9.17, 15) is 4.79 Å². The summed E-state index contributed by atoms with van der Waals surface area (Å²) in [4.78, 5) is 14.1. The maximum absolute atomic E-state index is 11.6. The Bertz CT molecular complexity index is 255. The van der Waals surface area contributed by atoms with Gasteiger partial charge in [-0.3, -0.25) is 9.69 Å². The minimum Gasteiger partial charge on any atom is -0.366 e. The van der Waals surface area contributed by atoms with Crippen LogP contribution in [0.2, 0.25) is 0 Å². The zero-order chi connectivity index (χ0) is 13.6. The molecule has 0 aliphatic carbocycles. The molecule has 106 valence electrons. The van der Waals surface area contributed by atoms with Crippen LogP contribution >= 0.6 is 0 Å². The molecular formula is C14H28N2O2. The van der Waals surface area contributed by atoms with Gasteiger partial charge in [0.05, 0.1) is 5.60 Å². The zero-order valence-electron chi connectivity index (χ0n) is 12.3. The van der Waals surface area contributed by atoms with Gasteiger partial charge in [-0.2, -0.15) is 0 Å². The highest BCUT2D eigenvalue weighted by atomic mass is 16.5. The fraction of sp³-hybridized carbons (Fsp3) is 0.929. The van der Waals surface area contributed by atoms with E-state index in [4.69, 9.17) is 4.74 Å². The number of carbonyl (C=O) groups is 1. The maximum atomic E-state index is 11.6. The molecule has 4 nitrogen and oxygen atoms in total. The average Bonchev–Trinajstić information content (AvgIpc) is 2.33. The number of nitrogens with zero attached hydrogens (tertiary/aromatic N) is 1. The second-order valence-electron chi connectivity index (χ2n) is 6.15. The van der Waals surface area contributed by atoms with E-state index in [0.29, 0.717) is 12.6 Å². The molecule has 1 N–H and O–H groups in total. The van der Waals surface area contributed by atoms with Gasteiger partial charge in [-0.1, -0.05) is 6.42 Å². The van der Waals surface area contributed by atoms with Crippen LogP contribution in [0, 0.1) is 0 Å². The highest BCUT2D eigenvalue weighted by Gasteiger charge is 2.18. The van der Waals surface area contributed by atoms with Gasteiger partial charge in [0, 0.05) is 12.6 Å². The molecule has 0 aromatic rings. The molecular weight excluding hydrogens is 228 g/mol. The number of nitrogens with one attached hydrogen (secondary N) is 1. The molecule has 0 bridgehead atoms. The lowest BCUT2D eigenvalue weighted by atomic mass is 10.1. The molecule has 1 saturated heterocycles. The Morgan fingerprint density at radius 2 is 1.89 bits per heavy atom. The van der Waals surface area contributed by atoms with Gasteiger partial charge in [0.2, 0.25) is 5.91 Å². The summed E-state index contributed by atoms with van der Waals surface area (Å²) in [6, 6.07) is 0.420. The lowest BCUT2D eigenvalue weighted by Gasteiger charge is -2.32. The fourth-order valence-electron chi connectivity index (χ4n) is 2.08. The number of hydrogen-bond acceptors (Lipinski definition) is 3. The van der Waals surface area contributed by atoms with Crippen molar-refractivity contribution < 1.29 is 9.53 Å². The zero-order valence-corrected chi connectivity index (χ0v) is 12.3. The van der Waals surface area contributed by atoms with E-state index in [2.05, 4.69) is 17.1 Å². The van der Waals surface area contributed by atoms with Gasteiger partial charge >= 0.3 is 0 Å². The first kappa shape index (κ1) is 15.4. The van der Waals surface area contributed by atoms with Crippen LogP contribution in [0.5, 0.6) is 0 Å². The van der Waals surface area contributed by atoms with Gasteiger partial charge in [0.25, 0.3) is 0 Å². The van der Waals surface area contributed by atoms with Crippen LogP contribution in [0.3, 0.4) is 0 Å². The topological polar surface area (TPSA) is 41.6 Å². The summed E-state index contributed by atoms with van der Waals surface area (Å²) >= 11 is 0. The molecule has 0 aromatic heterocycles. The monoisotopic (exact) mass is 256 g/mol. The second kappa shape index (κ2) is 7.10. The highest BCUT2D eigenvalue weighted by molar-refractivity contribution is 5.77. The van der Waals surface area contributed by atoms with Gasteiger partial charge in [0.1, 0.15) is 6.61 Å². The van der Waals surface area contributed by atoms with Gasteiger partial charge < -0.3 is 10.1 Å². The van der Waals surface area contributed by atoms with Gasteiger partial charge in [-0.15, -0.1) is 0 Å². The van der Waals surface area contributed by atoms with Crippen molar-refractivity contribution in [3.8, 4) is 0 Å². The Balaban J connectivity index is 2.17. The molecule has 1 atom stereocenters. The highest BCUT2D eigenvalue weighted by Crippen LogP contribution is 2.11. The van der Waals surface area contributed by atoms with Crippen LogP contribution in [0.1, 0.15) is 47.0 Å². The summed E-state index contributed by atoms with van der Waals surface area (Å²) in [5.41, 5.74) is -0.254. The fourth-order valence-corrected chi connectivity index (χ4v) is 2.08. The predicted molar refractivity (Wildman–Crippen MR) is 73.6 cm³/mol. The summed E-state index contributed by atoms with van der Waals surface area (Å²) in [5.74, 6) is -0.0196. The minimum absolute atomic E-state index is 0.0196. The van der Waals surface area contributed by atoms with Crippen LogP contribution in [-0.4, -0.2) is 48.7 Å². The molecule has 0 saturated carbocycles. The predicted octanol–water partition coefficient (Wildman–Crippen LogP) is 1.79. The van der Waals surface area contributed by atoms with Gasteiger partial charge in [-0.05, 0) is 53.6 Å². The second-order valence-corrected chi connectivity index (χ2v) is 6.15. The van der Waals surface area contributed by atoms with Crippen molar-refractivity contribution >= 4 is 5.91 Å². The Labute approximate surface area is 111 Å². The van der Waals surface area contributed by atoms with E-state index in [0.717, 1.165) is 13.1 Å². The Morgan fingerprint density at radius 3 is 2.44 bits per heavy atom. The molecule has 0 spiro atoms. The van der Waals surface area contributed by atoms with E-state index in [1.54, 1.807) is 0 Å². The van der Waals surface area contributed by atoms with E-state index in [-0.39, 0.29) is 18.1 Å². The molecule has 0 radical (unpaired) electrons. The summed E-state index contributed by atoms with van der Waals surface area (Å²) in [6.45, 7) is 11.2. The Hall–Kier alpha value is -0.610. The number of amides is 1. The van der Waals surface area contributed by atoms with Crippen molar-refractivity contribution in [1.82, 2.24) is 10.2 Å². The summed E-state index contributed by atoms with van der Waals surface area (Å²) < 4.78 is 5.44. The molecule has 1 heterocycles. The first-order valence-electron chi connectivity index (χ1n) is 7.03.